The first kappa shape index (κ1) is 27.1. The second kappa shape index (κ2) is 12.6. The Balaban J connectivity index is 1.28. The molecule has 2 aromatic heterocycles. The summed E-state index contributed by atoms with van der Waals surface area (Å²) < 4.78 is 34.2. The minimum Gasteiger partial charge on any atom is -0.379 e. The van der Waals surface area contributed by atoms with Crippen LogP contribution in [0.2, 0.25) is 0 Å². The summed E-state index contributed by atoms with van der Waals surface area (Å²) in [4.78, 5) is 28.0. The van der Waals surface area contributed by atoms with Gasteiger partial charge in [-0.1, -0.05) is 12.1 Å². The number of hydrogen-bond acceptors (Lipinski definition) is 9. The molecule has 0 atom stereocenters. The molecule has 3 heterocycles. The first-order valence-electron chi connectivity index (χ1n) is 12.8. The number of amides is 1. The normalized spacial score (nSPS) is 13.7. The number of rotatable bonds is 10. The van der Waals surface area contributed by atoms with E-state index in [2.05, 4.69) is 40.9 Å². The molecule has 208 valence electrons. The average Bonchev–Trinajstić information content (AvgIpc) is 3.44. The molecule has 1 fully saturated rings. The molecule has 4 aromatic rings. The fraction of sp³-hybridized carbons (Fsp3) is 0.296. The van der Waals surface area contributed by atoms with Crippen LogP contribution in [0.4, 0.5) is 31.9 Å². The van der Waals surface area contributed by atoms with Crippen molar-refractivity contribution in [2.45, 2.75) is 13.6 Å². The maximum Gasteiger partial charge on any atom is 0.258 e. The van der Waals surface area contributed by atoms with Gasteiger partial charge in [-0.25, -0.2) is 18.7 Å². The van der Waals surface area contributed by atoms with Crippen LogP contribution < -0.4 is 16.0 Å². The van der Waals surface area contributed by atoms with Crippen molar-refractivity contribution in [1.29, 1.82) is 0 Å². The predicted octanol–water partition coefficient (Wildman–Crippen LogP) is 3.71. The quantitative estimate of drug-likeness (QED) is 0.272. The Kier molecular flexibility index (Phi) is 8.52. The number of carbonyl (C=O) groups excluding carboxylic acids is 1. The summed E-state index contributed by atoms with van der Waals surface area (Å²) in [5, 5.41) is 13.5. The lowest BCUT2D eigenvalue weighted by Gasteiger charge is -2.26. The van der Waals surface area contributed by atoms with Gasteiger partial charge in [-0.2, -0.15) is 14.8 Å². The number of benzene rings is 2. The maximum absolute atomic E-state index is 14.2. The lowest BCUT2D eigenvalue weighted by atomic mass is 10.1. The molecule has 0 bridgehead atoms. The van der Waals surface area contributed by atoms with E-state index in [0.717, 1.165) is 51.0 Å². The van der Waals surface area contributed by atoms with E-state index >= 15 is 0 Å². The van der Waals surface area contributed by atoms with Crippen molar-refractivity contribution < 1.29 is 18.3 Å². The Morgan fingerprint density at radius 2 is 1.90 bits per heavy atom. The van der Waals surface area contributed by atoms with E-state index in [-0.39, 0.29) is 11.1 Å². The summed E-state index contributed by atoms with van der Waals surface area (Å²) >= 11 is 0. The van der Waals surface area contributed by atoms with Gasteiger partial charge in [-0.05, 0) is 42.3 Å². The molecular formula is C27H29F2N9O2. The second-order valence-corrected chi connectivity index (χ2v) is 9.19. The van der Waals surface area contributed by atoms with Crippen LogP contribution in [0.5, 0.6) is 0 Å². The number of morpholine rings is 1. The number of ether oxygens (including phenoxy) is 1. The Morgan fingerprint density at radius 1 is 1.05 bits per heavy atom. The van der Waals surface area contributed by atoms with E-state index in [0.29, 0.717) is 29.0 Å². The highest BCUT2D eigenvalue weighted by atomic mass is 19.1. The number of aromatic nitrogens is 5. The number of carbonyl (C=O) groups is 1. The summed E-state index contributed by atoms with van der Waals surface area (Å²) in [6, 6.07) is 10.6. The summed E-state index contributed by atoms with van der Waals surface area (Å²) in [6.07, 6.45) is 2.86. The Labute approximate surface area is 229 Å². The minimum atomic E-state index is -0.793. The summed E-state index contributed by atoms with van der Waals surface area (Å²) in [5.74, 6) is 0.151. The molecule has 0 saturated carbocycles. The highest BCUT2D eigenvalue weighted by molar-refractivity contribution is 6.04. The van der Waals surface area contributed by atoms with E-state index in [9.17, 15) is 13.6 Å². The van der Waals surface area contributed by atoms with Crippen molar-refractivity contribution in [2.75, 3.05) is 55.3 Å². The smallest absolute Gasteiger partial charge is 0.258 e. The highest BCUT2D eigenvalue weighted by Gasteiger charge is 2.15. The molecule has 5 rings (SSSR count). The number of hydrogen-bond donors (Lipinski definition) is 3. The molecule has 1 aliphatic rings. The fourth-order valence-electron chi connectivity index (χ4n) is 4.20. The Morgan fingerprint density at radius 3 is 2.73 bits per heavy atom. The van der Waals surface area contributed by atoms with Gasteiger partial charge in [0.05, 0.1) is 18.8 Å². The summed E-state index contributed by atoms with van der Waals surface area (Å²) in [6.45, 7) is 6.02. The number of aryl methyl sites for hydroxylation is 1. The molecule has 1 saturated heterocycles. The molecule has 0 spiro atoms. The molecule has 3 N–H and O–H groups in total. The molecular weight excluding hydrogens is 520 g/mol. The van der Waals surface area contributed by atoms with Crippen molar-refractivity contribution in [1.82, 2.24) is 29.6 Å². The lowest BCUT2D eigenvalue weighted by Crippen LogP contribution is -2.39. The van der Waals surface area contributed by atoms with Crippen molar-refractivity contribution in [2.24, 2.45) is 0 Å². The van der Waals surface area contributed by atoms with Gasteiger partial charge in [0.25, 0.3) is 5.91 Å². The third-order valence-electron chi connectivity index (χ3n) is 6.43. The van der Waals surface area contributed by atoms with Gasteiger partial charge in [-0.3, -0.25) is 9.69 Å². The fourth-order valence-corrected chi connectivity index (χ4v) is 4.20. The molecule has 0 radical (unpaired) electrons. The van der Waals surface area contributed by atoms with Crippen molar-refractivity contribution in [3.63, 3.8) is 0 Å². The van der Waals surface area contributed by atoms with Gasteiger partial charge in [0.1, 0.15) is 31.0 Å². The molecule has 1 aliphatic heterocycles. The second-order valence-electron chi connectivity index (χ2n) is 9.19. The van der Waals surface area contributed by atoms with Gasteiger partial charge >= 0.3 is 0 Å². The van der Waals surface area contributed by atoms with Gasteiger partial charge in [-0.15, -0.1) is 0 Å². The first-order chi connectivity index (χ1) is 19.5. The van der Waals surface area contributed by atoms with Gasteiger partial charge in [0, 0.05) is 43.6 Å². The number of halogens is 2. The Hall–Kier alpha value is -4.49. The van der Waals surface area contributed by atoms with Crippen LogP contribution in [0.15, 0.2) is 55.1 Å². The van der Waals surface area contributed by atoms with Gasteiger partial charge < -0.3 is 20.7 Å². The summed E-state index contributed by atoms with van der Waals surface area (Å²) in [5.41, 5.74) is 1.91. The highest BCUT2D eigenvalue weighted by Crippen LogP contribution is 2.25. The van der Waals surface area contributed by atoms with Crippen LogP contribution in [0.25, 0.3) is 5.82 Å². The predicted molar refractivity (Wildman–Crippen MR) is 146 cm³/mol. The van der Waals surface area contributed by atoms with Gasteiger partial charge in [0.2, 0.25) is 5.95 Å². The zero-order valence-corrected chi connectivity index (χ0v) is 21.9. The average molecular weight is 550 g/mol. The van der Waals surface area contributed by atoms with Crippen molar-refractivity contribution >= 4 is 29.0 Å². The summed E-state index contributed by atoms with van der Waals surface area (Å²) in [7, 11) is 0. The van der Waals surface area contributed by atoms with E-state index in [1.54, 1.807) is 24.3 Å². The Bertz CT molecular complexity index is 1470. The van der Waals surface area contributed by atoms with E-state index < -0.39 is 18.4 Å². The standard InChI is InChI=1S/C27H29F2N9O2/c1-18-2-4-20(35-26(39)21-12-19(15-28)3-5-22(21)29)13-23(18)36-27-33-17-34-38(27)25-14-24(31-16-32-25)30-6-7-37-8-10-40-11-9-37/h2-5,12-14,16-17H,6-11,15H2,1H3,(H,35,39)(H,30,31,32)(H,33,34,36). The lowest BCUT2D eigenvalue weighted by molar-refractivity contribution is 0.0398. The van der Waals surface area contributed by atoms with E-state index in [4.69, 9.17) is 4.74 Å². The van der Waals surface area contributed by atoms with Crippen LogP contribution in [0, 0.1) is 12.7 Å². The molecule has 0 aliphatic carbocycles. The number of anilines is 4. The van der Waals surface area contributed by atoms with Crippen molar-refractivity contribution in [3.8, 4) is 5.82 Å². The van der Waals surface area contributed by atoms with Gasteiger partial charge in [0.15, 0.2) is 5.82 Å². The largest absolute Gasteiger partial charge is 0.379 e. The number of nitrogens with one attached hydrogen (secondary N) is 3. The van der Waals surface area contributed by atoms with E-state index in [1.807, 2.05) is 6.92 Å². The first-order valence-corrected chi connectivity index (χ1v) is 12.8. The van der Waals surface area contributed by atoms with Crippen LogP contribution in [0.1, 0.15) is 21.5 Å². The monoisotopic (exact) mass is 549 g/mol. The molecule has 2 aromatic carbocycles. The topological polar surface area (TPSA) is 122 Å². The SMILES string of the molecule is Cc1ccc(NC(=O)c2cc(CF)ccc2F)cc1Nc1ncnn1-c1cc(NCCN2CCOCC2)ncn1. The molecule has 11 nitrogen and oxygen atoms in total. The number of alkyl halides is 1. The van der Waals surface area contributed by atoms with E-state index in [1.165, 1.54) is 29.5 Å². The van der Waals surface area contributed by atoms with Crippen molar-refractivity contribution in [3.05, 3.63) is 77.6 Å². The third kappa shape index (κ3) is 6.55. The number of nitrogens with zero attached hydrogens (tertiary/aromatic N) is 6. The van der Waals surface area contributed by atoms with Crippen LogP contribution in [-0.4, -0.2) is 74.9 Å². The van der Waals surface area contributed by atoms with Crippen LogP contribution in [-0.2, 0) is 11.4 Å². The molecule has 1 amide bonds. The zero-order chi connectivity index (χ0) is 27.9. The molecule has 40 heavy (non-hydrogen) atoms. The molecule has 13 heteroatoms. The van der Waals surface area contributed by atoms with Crippen LogP contribution >= 0.6 is 0 Å². The molecule has 0 unspecified atom stereocenters. The third-order valence-corrected chi connectivity index (χ3v) is 6.43. The zero-order valence-electron chi connectivity index (χ0n) is 21.9. The minimum absolute atomic E-state index is 0.220. The van der Waals surface area contributed by atoms with Crippen LogP contribution in [0.3, 0.4) is 0 Å². The maximum atomic E-state index is 14.2.